The van der Waals surface area contributed by atoms with E-state index in [1.807, 2.05) is 58.0 Å². The van der Waals surface area contributed by atoms with Gasteiger partial charge in [0, 0.05) is 0 Å². The predicted molar refractivity (Wildman–Crippen MR) is 93.9 cm³/mol. The second-order valence-electron chi connectivity index (χ2n) is 6.59. The minimum absolute atomic E-state index is 0.153. The van der Waals surface area contributed by atoms with Gasteiger partial charge in [0.2, 0.25) is 0 Å². The molecule has 1 aromatic carbocycles. The largest absolute Gasteiger partial charge is 0.480 e. The molecule has 1 rings (SSSR count). The van der Waals surface area contributed by atoms with E-state index in [9.17, 15) is 14.5 Å². The topological polar surface area (TPSA) is 84.9 Å². The fourth-order valence-corrected chi connectivity index (χ4v) is 3.63. The smallest absolute Gasteiger partial charge is 0.406 e. The molecule has 1 aromatic rings. The van der Waals surface area contributed by atoms with E-state index in [1.54, 1.807) is 0 Å². The molecule has 0 aliphatic carbocycles. The summed E-state index contributed by atoms with van der Waals surface area (Å²) in [4.78, 5) is 11.6. The number of hydrogen-bond acceptors (Lipinski definition) is 4. The summed E-state index contributed by atoms with van der Waals surface area (Å²) >= 11 is 0. The number of aliphatic carboxylic acids is 1. The average Bonchev–Trinajstić information content (AvgIpc) is 2.51. The van der Waals surface area contributed by atoms with Crippen LogP contribution >= 0.6 is 7.75 Å². The maximum atomic E-state index is 12.9. The first-order chi connectivity index (χ1) is 11.2. The molecule has 0 amide bonds. The van der Waals surface area contributed by atoms with Crippen LogP contribution in [0.3, 0.4) is 0 Å². The van der Waals surface area contributed by atoms with Crippen LogP contribution in [0.25, 0.3) is 0 Å². The van der Waals surface area contributed by atoms with E-state index in [0.717, 1.165) is 5.56 Å². The van der Waals surface area contributed by atoms with Gasteiger partial charge in [-0.15, -0.1) is 0 Å². The summed E-state index contributed by atoms with van der Waals surface area (Å²) in [5, 5.41) is 12.1. The van der Waals surface area contributed by atoms with Crippen LogP contribution in [0.5, 0.6) is 0 Å². The van der Waals surface area contributed by atoms with Crippen LogP contribution in [-0.2, 0) is 24.8 Å². The van der Waals surface area contributed by atoms with Crippen molar-refractivity contribution in [3.05, 3.63) is 35.9 Å². The molecular weight excluding hydrogens is 329 g/mol. The summed E-state index contributed by atoms with van der Waals surface area (Å²) in [5.74, 6) is -0.791. The molecule has 0 aliphatic rings. The second-order valence-corrected chi connectivity index (χ2v) is 8.36. The number of benzene rings is 1. The first kappa shape index (κ1) is 20.8. The van der Waals surface area contributed by atoms with E-state index in [2.05, 4.69) is 5.09 Å². The molecule has 0 spiro atoms. The second kappa shape index (κ2) is 9.94. The lowest BCUT2D eigenvalue weighted by Crippen LogP contribution is -2.37. The van der Waals surface area contributed by atoms with Gasteiger partial charge in [-0.2, -0.15) is 0 Å². The quantitative estimate of drug-likeness (QED) is 0.587. The number of nitrogens with one attached hydrogen (secondary N) is 1. The van der Waals surface area contributed by atoms with Crippen molar-refractivity contribution in [2.75, 3.05) is 13.2 Å². The number of carboxylic acids is 1. The maximum Gasteiger partial charge on any atom is 0.406 e. The number of carbonyl (C=O) groups is 1. The van der Waals surface area contributed by atoms with Gasteiger partial charge in [0.05, 0.1) is 13.2 Å². The summed E-state index contributed by atoms with van der Waals surface area (Å²) in [5.41, 5.74) is 0.830. The number of carboxylic acid groups (broad SMARTS) is 1. The Morgan fingerprint density at radius 2 is 1.58 bits per heavy atom. The van der Waals surface area contributed by atoms with Crippen LogP contribution in [-0.4, -0.2) is 30.3 Å². The fourth-order valence-electron chi connectivity index (χ4n) is 1.84. The summed E-state index contributed by atoms with van der Waals surface area (Å²) in [6.07, 6.45) is 0.191. The highest BCUT2D eigenvalue weighted by Gasteiger charge is 2.32. The van der Waals surface area contributed by atoms with Crippen LogP contribution in [0.15, 0.2) is 30.3 Å². The number of hydrogen-bond donors (Lipinski definition) is 2. The SMILES string of the molecule is CC(C)COP(=O)(N[C@@H](Cc1ccccc1)C(=O)O)OCC(C)C. The van der Waals surface area contributed by atoms with Crippen LogP contribution in [0.1, 0.15) is 33.3 Å². The van der Waals surface area contributed by atoms with E-state index in [0.29, 0.717) is 0 Å². The van der Waals surface area contributed by atoms with Crippen molar-refractivity contribution >= 4 is 13.7 Å². The zero-order valence-electron chi connectivity index (χ0n) is 14.8. The van der Waals surface area contributed by atoms with Crippen molar-refractivity contribution in [1.82, 2.24) is 5.09 Å². The molecule has 1 atom stereocenters. The monoisotopic (exact) mass is 357 g/mol. The first-order valence-electron chi connectivity index (χ1n) is 8.15. The van der Waals surface area contributed by atoms with Crippen molar-refractivity contribution < 1.29 is 23.5 Å². The summed E-state index contributed by atoms with van der Waals surface area (Å²) in [7, 11) is -3.70. The Morgan fingerprint density at radius 1 is 1.08 bits per heavy atom. The molecule has 0 saturated heterocycles. The van der Waals surface area contributed by atoms with E-state index in [4.69, 9.17) is 9.05 Å². The molecule has 136 valence electrons. The Labute approximate surface area is 144 Å². The third-order valence-corrected chi connectivity index (χ3v) is 4.66. The molecule has 0 fully saturated rings. The van der Waals surface area contributed by atoms with Gasteiger partial charge in [0.1, 0.15) is 6.04 Å². The lowest BCUT2D eigenvalue weighted by atomic mass is 10.1. The van der Waals surface area contributed by atoms with Gasteiger partial charge in [-0.05, 0) is 23.8 Å². The highest BCUT2D eigenvalue weighted by atomic mass is 31.2. The van der Waals surface area contributed by atoms with Crippen LogP contribution < -0.4 is 5.09 Å². The highest BCUT2D eigenvalue weighted by Crippen LogP contribution is 2.45. The lowest BCUT2D eigenvalue weighted by molar-refractivity contribution is -0.139. The van der Waals surface area contributed by atoms with Crippen LogP contribution in [0.2, 0.25) is 0 Å². The molecule has 0 aromatic heterocycles. The molecule has 24 heavy (non-hydrogen) atoms. The Morgan fingerprint density at radius 3 is 2.00 bits per heavy atom. The van der Waals surface area contributed by atoms with Gasteiger partial charge in [-0.3, -0.25) is 13.8 Å². The number of rotatable bonds is 11. The minimum atomic E-state index is -3.70. The van der Waals surface area contributed by atoms with Gasteiger partial charge in [0.15, 0.2) is 0 Å². The Bertz CT molecular complexity index is 531. The molecule has 7 heteroatoms. The van der Waals surface area contributed by atoms with E-state index in [-0.39, 0.29) is 31.5 Å². The Balaban J connectivity index is 2.85. The van der Waals surface area contributed by atoms with Gasteiger partial charge in [-0.25, -0.2) is 9.65 Å². The average molecular weight is 357 g/mol. The van der Waals surface area contributed by atoms with Crippen molar-refractivity contribution in [1.29, 1.82) is 0 Å². The third kappa shape index (κ3) is 8.06. The molecule has 0 unspecified atom stereocenters. The third-order valence-electron chi connectivity index (χ3n) is 3.05. The standard InChI is InChI=1S/C17H28NO5P/c1-13(2)11-22-24(21,23-12-14(3)4)18-16(17(19)20)10-15-8-6-5-7-9-15/h5-9,13-14,16H,10-12H2,1-4H3,(H,18,21)(H,19,20)/t16-/m0/s1. The van der Waals surface area contributed by atoms with E-state index >= 15 is 0 Å². The van der Waals surface area contributed by atoms with Crippen molar-refractivity contribution in [3.63, 3.8) is 0 Å². The molecule has 0 aliphatic heterocycles. The molecule has 2 N–H and O–H groups in total. The highest BCUT2D eigenvalue weighted by molar-refractivity contribution is 7.51. The van der Waals surface area contributed by atoms with Crippen molar-refractivity contribution in [2.45, 2.75) is 40.2 Å². The van der Waals surface area contributed by atoms with Gasteiger partial charge in [-0.1, -0.05) is 58.0 Å². The maximum absolute atomic E-state index is 12.9. The Hall–Kier alpha value is -1.20. The zero-order valence-corrected chi connectivity index (χ0v) is 15.7. The van der Waals surface area contributed by atoms with Gasteiger partial charge < -0.3 is 5.11 Å². The Kier molecular flexibility index (Phi) is 8.63. The normalized spacial score (nSPS) is 13.4. The van der Waals surface area contributed by atoms with Gasteiger partial charge >= 0.3 is 13.7 Å². The van der Waals surface area contributed by atoms with Crippen molar-refractivity contribution in [3.8, 4) is 0 Å². The zero-order chi connectivity index (χ0) is 18.2. The van der Waals surface area contributed by atoms with Gasteiger partial charge in [0.25, 0.3) is 0 Å². The van der Waals surface area contributed by atoms with Crippen LogP contribution in [0, 0.1) is 11.8 Å². The first-order valence-corrected chi connectivity index (χ1v) is 9.69. The van der Waals surface area contributed by atoms with Crippen molar-refractivity contribution in [2.24, 2.45) is 11.8 Å². The minimum Gasteiger partial charge on any atom is -0.480 e. The molecule has 0 heterocycles. The summed E-state index contributed by atoms with van der Waals surface area (Å²) < 4.78 is 23.7. The lowest BCUT2D eigenvalue weighted by Gasteiger charge is -2.24. The molecular formula is C17H28NO5P. The summed E-state index contributed by atoms with van der Waals surface area (Å²) in [6, 6.07) is 8.11. The molecule has 0 saturated carbocycles. The van der Waals surface area contributed by atoms with E-state index in [1.165, 1.54) is 0 Å². The predicted octanol–water partition coefficient (Wildman–Crippen LogP) is 3.73. The molecule has 6 nitrogen and oxygen atoms in total. The molecule has 0 radical (unpaired) electrons. The fraction of sp³-hybridized carbons (Fsp3) is 0.588. The molecule has 0 bridgehead atoms. The summed E-state index contributed by atoms with van der Waals surface area (Å²) in [6.45, 7) is 8.13. The van der Waals surface area contributed by atoms with E-state index < -0.39 is 19.8 Å². The van der Waals surface area contributed by atoms with Crippen LogP contribution in [0.4, 0.5) is 0 Å².